The van der Waals surface area contributed by atoms with Gasteiger partial charge in [0.05, 0.1) is 17.6 Å². The van der Waals surface area contributed by atoms with Crippen LogP contribution in [0.2, 0.25) is 0 Å². The van der Waals surface area contributed by atoms with Crippen LogP contribution in [0.1, 0.15) is 20.0 Å². The fraction of sp³-hybridized carbons (Fsp3) is 0.0769. The van der Waals surface area contributed by atoms with Crippen molar-refractivity contribution in [2.24, 2.45) is 0 Å². The Balaban J connectivity index is 2.19. The van der Waals surface area contributed by atoms with Gasteiger partial charge in [0.15, 0.2) is 0 Å². The molecule has 0 aliphatic carbocycles. The number of carboxylic acid groups (broad SMARTS) is 1. The molecule has 0 spiro atoms. The monoisotopic (exact) mass is 295 g/mol. The summed E-state index contributed by atoms with van der Waals surface area (Å²) in [5.74, 6) is -2.10. The average Bonchev–Trinajstić information content (AvgIpc) is 2.89. The van der Waals surface area contributed by atoms with E-state index in [0.29, 0.717) is 10.6 Å². The van der Waals surface area contributed by atoms with Gasteiger partial charge in [-0.1, -0.05) is 0 Å². The van der Waals surface area contributed by atoms with Crippen molar-refractivity contribution in [3.8, 4) is 5.75 Å². The zero-order chi connectivity index (χ0) is 14.7. The van der Waals surface area contributed by atoms with Gasteiger partial charge in [0.1, 0.15) is 11.6 Å². The van der Waals surface area contributed by atoms with Crippen LogP contribution in [0.3, 0.4) is 0 Å². The van der Waals surface area contributed by atoms with Crippen molar-refractivity contribution in [1.82, 2.24) is 0 Å². The number of amides is 1. The number of hydrogen-bond donors (Lipinski definition) is 2. The highest BCUT2D eigenvalue weighted by molar-refractivity contribution is 7.12. The van der Waals surface area contributed by atoms with E-state index in [-0.39, 0.29) is 5.69 Å². The lowest BCUT2D eigenvalue weighted by molar-refractivity contribution is 0.0691. The number of anilines is 1. The Hall–Kier alpha value is -2.41. The SMILES string of the molecule is COc1csc(C(=O)Nc2ccc(F)c(C(=O)O)c2)c1. The summed E-state index contributed by atoms with van der Waals surface area (Å²) in [6.45, 7) is 0. The van der Waals surface area contributed by atoms with Crippen molar-refractivity contribution in [1.29, 1.82) is 0 Å². The van der Waals surface area contributed by atoms with Crippen LogP contribution in [-0.4, -0.2) is 24.1 Å². The van der Waals surface area contributed by atoms with Gasteiger partial charge >= 0.3 is 5.97 Å². The molecule has 2 aromatic rings. The van der Waals surface area contributed by atoms with Gasteiger partial charge in [-0.05, 0) is 18.2 Å². The Labute approximate surface area is 117 Å². The van der Waals surface area contributed by atoms with Crippen molar-refractivity contribution in [3.05, 3.63) is 45.9 Å². The Kier molecular flexibility index (Phi) is 3.99. The molecule has 1 heterocycles. The zero-order valence-corrected chi connectivity index (χ0v) is 11.2. The Morgan fingerprint density at radius 1 is 1.35 bits per heavy atom. The minimum Gasteiger partial charge on any atom is -0.496 e. The number of thiophene rings is 1. The van der Waals surface area contributed by atoms with E-state index in [2.05, 4.69) is 5.32 Å². The zero-order valence-electron chi connectivity index (χ0n) is 10.3. The Morgan fingerprint density at radius 3 is 2.70 bits per heavy atom. The van der Waals surface area contributed by atoms with Crippen LogP contribution in [0.25, 0.3) is 0 Å². The number of aromatic carboxylic acids is 1. The minimum absolute atomic E-state index is 0.209. The summed E-state index contributed by atoms with van der Waals surface area (Å²) < 4.78 is 18.2. The topological polar surface area (TPSA) is 75.6 Å². The summed E-state index contributed by atoms with van der Waals surface area (Å²) in [5, 5.41) is 13.0. The number of carbonyl (C=O) groups excluding carboxylic acids is 1. The van der Waals surface area contributed by atoms with Crippen molar-refractivity contribution >= 4 is 28.9 Å². The first-order valence-electron chi connectivity index (χ1n) is 5.48. The van der Waals surface area contributed by atoms with E-state index < -0.39 is 23.3 Å². The van der Waals surface area contributed by atoms with Gasteiger partial charge in [-0.2, -0.15) is 0 Å². The highest BCUT2D eigenvalue weighted by Crippen LogP contribution is 2.22. The molecule has 104 valence electrons. The number of hydrogen-bond acceptors (Lipinski definition) is 4. The molecule has 0 saturated heterocycles. The molecule has 2 rings (SSSR count). The molecule has 0 fully saturated rings. The van der Waals surface area contributed by atoms with Crippen LogP contribution in [0.4, 0.5) is 10.1 Å². The number of carboxylic acids is 1. The molecule has 1 aromatic carbocycles. The number of nitrogens with one attached hydrogen (secondary N) is 1. The second-order valence-electron chi connectivity index (χ2n) is 3.80. The molecule has 0 radical (unpaired) electrons. The summed E-state index contributed by atoms with van der Waals surface area (Å²) >= 11 is 1.19. The quantitative estimate of drug-likeness (QED) is 0.909. The summed E-state index contributed by atoms with van der Waals surface area (Å²) in [6, 6.07) is 4.92. The van der Waals surface area contributed by atoms with Gasteiger partial charge in [-0.3, -0.25) is 4.79 Å². The maximum Gasteiger partial charge on any atom is 0.338 e. The smallest absolute Gasteiger partial charge is 0.338 e. The van der Waals surface area contributed by atoms with Crippen molar-refractivity contribution in [2.75, 3.05) is 12.4 Å². The summed E-state index contributed by atoms with van der Waals surface area (Å²) in [5.41, 5.74) is -0.285. The normalized spacial score (nSPS) is 10.1. The first-order chi connectivity index (χ1) is 9.51. The number of benzene rings is 1. The van der Waals surface area contributed by atoms with Crippen LogP contribution >= 0.6 is 11.3 Å². The van der Waals surface area contributed by atoms with Gasteiger partial charge < -0.3 is 15.2 Å². The molecule has 0 unspecified atom stereocenters. The van der Waals surface area contributed by atoms with E-state index >= 15 is 0 Å². The average molecular weight is 295 g/mol. The third kappa shape index (κ3) is 2.94. The highest BCUT2D eigenvalue weighted by Gasteiger charge is 2.14. The van der Waals surface area contributed by atoms with Crippen LogP contribution in [0.15, 0.2) is 29.6 Å². The van der Waals surface area contributed by atoms with Crippen molar-refractivity contribution in [2.45, 2.75) is 0 Å². The molecule has 2 N–H and O–H groups in total. The van der Waals surface area contributed by atoms with E-state index in [0.717, 1.165) is 12.1 Å². The molecule has 0 atom stereocenters. The fourth-order valence-corrected chi connectivity index (χ4v) is 2.25. The summed E-state index contributed by atoms with van der Waals surface area (Å²) in [6.07, 6.45) is 0. The number of ether oxygens (including phenoxy) is 1. The van der Waals surface area contributed by atoms with E-state index in [4.69, 9.17) is 9.84 Å². The van der Waals surface area contributed by atoms with Gasteiger partial charge in [-0.25, -0.2) is 9.18 Å². The van der Waals surface area contributed by atoms with E-state index in [1.807, 2.05) is 0 Å². The van der Waals surface area contributed by atoms with Crippen LogP contribution in [0, 0.1) is 5.82 Å². The molecular formula is C13H10FNO4S. The number of rotatable bonds is 4. The number of halogens is 1. The lowest BCUT2D eigenvalue weighted by Crippen LogP contribution is -2.11. The molecule has 7 heteroatoms. The standard InChI is InChI=1S/C13H10FNO4S/c1-19-8-5-11(20-6-8)12(16)15-7-2-3-10(14)9(4-7)13(17)18/h2-6H,1H3,(H,15,16)(H,17,18). The van der Waals surface area contributed by atoms with Gasteiger partial charge in [0.25, 0.3) is 5.91 Å². The summed E-state index contributed by atoms with van der Waals surface area (Å²) in [4.78, 5) is 23.1. The van der Waals surface area contributed by atoms with Gasteiger partial charge in [-0.15, -0.1) is 11.3 Å². The van der Waals surface area contributed by atoms with Gasteiger partial charge in [0, 0.05) is 17.1 Å². The Morgan fingerprint density at radius 2 is 2.10 bits per heavy atom. The van der Waals surface area contributed by atoms with E-state index in [9.17, 15) is 14.0 Å². The maximum atomic E-state index is 13.2. The third-order valence-corrected chi connectivity index (χ3v) is 3.40. The molecule has 0 bridgehead atoms. The van der Waals surface area contributed by atoms with E-state index in [1.54, 1.807) is 11.4 Å². The van der Waals surface area contributed by atoms with Gasteiger partial charge in [0.2, 0.25) is 0 Å². The molecule has 1 amide bonds. The molecule has 5 nitrogen and oxygen atoms in total. The second-order valence-corrected chi connectivity index (χ2v) is 4.72. The molecule has 1 aromatic heterocycles. The second kappa shape index (κ2) is 5.70. The van der Waals surface area contributed by atoms with Crippen molar-refractivity contribution in [3.63, 3.8) is 0 Å². The third-order valence-electron chi connectivity index (χ3n) is 2.49. The predicted molar refractivity (Wildman–Crippen MR) is 72.2 cm³/mol. The highest BCUT2D eigenvalue weighted by atomic mass is 32.1. The molecule has 20 heavy (non-hydrogen) atoms. The van der Waals surface area contributed by atoms with Crippen LogP contribution in [0.5, 0.6) is 5.75 Å². The largest absolute Gasteiger partial charge is 0.496 e. The molecule has 0 aliphatic rings. The fourth-order valence-electron chi connectivity index (χ4n) is 1.50. The minimum atomic E-state index is -1.39. The first-order valence-corrected chi connectivity index (χ1v) is 6.36. The lowest BCUT2D eigenvalue weighted by atomic mass is 10.2. The molecule has 0 aliphatic heterocycles. The maximum absolute atomic E-state index is 13.2. The Bertz CT molecular complexity index is 668. The number of carbonyl (C=O) groups is 2. The lowest BCUT2D eigenvalue weighted by Gasteiger charge is -2.05. The van der Waals surface area contributed by atoms with E-state index in [1.165, 1.54) is 24.5 Å². The first kappa shape index (κ1) is 14.0. The summed E-state index contributed by atoms with van der Waals surface area (Å²) in [7, 11) is 1.49. The van der Waals surface area contributed by atoms with Crippen LogP contribution < -0.4 is 10.1 Å². The van der Waals surface area contributed by atoms with Crippen LogP contribution in [-0.2, 0) is 0 Å². The molecular weight excluding hydrogens is 285 g/mol. The van der Waals surface area contributed by atoms with Crippen molar-refractivity contribution < 1.29 is 23.8 Å². The molecule has 0 saturated carbocycles. The predicted octanol–water partition coefficient (Wildman–Crippen LogP) is 2.85. The number of methoxy groups -OCH3 is 1.